The molecule has 0 bridgehead atoms. The van der Waals surface area contributed by atoms with Crippen LogP contribution in [0.15, 0.2) is 0 Å². The maximum atomic E-state index is 10.4. The van der Waals surface area contributed by atoms with Gasteiger partial charge in [-0.1, -0.05) is 110 Å². The van der Waals surface area contributed by atoms with Gasteiger partial charge in [-0.05, 0) is 6.42 Å². The molecule has 0 unspecified atom stereocenters. The van der Waals surface area contributed by atoms with Crippen molar-refractivity contribution in [2.75, 3.05) is 6.54 Å². The number of aliphatic hydroxyl groups is 2. The predicted molar refractivity (Wildman–Crippen MR) is 112 cm³/mol. The molecule has 162 valence electrons. The molecule has 0 radical (unpaired) electrons. The minimum Gasteiger partial charge on any atom is -0.480 e. The standard InChI is InChI=1S/C22H45NO4/c1-2-3-4-5-6-7-8-9-10-11-12-13-14-15-16-17-18-19-22(26,27)23-20-21(24)25/h23,26-27H,2-20H2,1H3,(H,24,25). The highest BCUT2D eigenvalue weighted by molar-refractivity contribution is 5.69. The Morgan fingerprint density at radius 3 is 1.33 bits per heavy atom. The van der Waals surface area contributed by atoms with Crippen molar-refractivity contribution in [1.29, 1.82) is 0 Å². The van der Waals surface area contributed by atoms with E-state index in [0.29, 0.717) is 6.42 Å². The molecule has 5 nitrogen and oxygen atoms in total. The molecule has 0 aromatic rings. The maximum absolute atomic E-state index is 10.4. The molecule has 0 aliphatic heterocycles. The molecular weight excluding hydrogens is 342 g/mol. The van der Waals surface area contributed by atoms with Crippen LogP contribution in [0.25, 0.3) is 0 Å². The molecule has 4 N–H and O–H groups in total. The monoisotopic (exact) mass is 387 g/mol. The van der Waals surface area contributed by atoms with Crippen LogP contribution in [0.5, 0.6) is 0 Å². The van der Waals surface area contributed by atoms with Gasteiger partial charge in [0.2, 0.25) is 5.91 Å². The Kier molecular flexibility index (Phi) is 18.3. The lowest BCUT2D eigenvalue weighted by Crippen LogP contribution is -2.47. The summed E-state index contributed by atoms with van der Waals surface area (Å²) in [5.41, 5.74) is 0. The van der Waals surface area contributed by atoms with Gasteiger partial charge >= 0.3 is 5.97 Å². The van der Waals surface area contributed by atoms with Gasteiger partial charge in [0.1, 0.15) is 0 Å². The zero-order chi connectivity index (χ0) is 20.2. The number of aliphatic carboxylic acids is 1. The zero-order valence-corrected chi connectivity index (χ0v) is 17.7. The number of hydrogen-bond donors (Lipinski definition) is 4. The lowest BCUT2D eigenvalue weighted by atomic mass is 10.0. The Morgan fingerprint density at radius 2 is 1.00 bits per heavy atom. The third-order valence-corrected chi connectivity index (χ3v) is 5.15. The van der Waals surface area contributed by atoms with Crippen LogP contribution in [-0.2, 0) is 4.79 Å². The van der Waals surface area contributed by atoms with Gasteiger partial charge in [-0.25, -0.2) is 0 Å². The second kappa shape index (κ2) is 18.7. The molecule has 0 aliphatic rings. The summed E-state index contributed by atoms with van der Waals surface area (Å²) >= 11 is 0. The van der Waals surface area contributed by atoms with Crippen molar-refractivity contribution in [1.82, 2.24) is 5.32 Å². The second-order valence-corrected chi connectivity index (χ2v) is 7.97. The summed E-state index contributed by atoms with van der Waals surface area (Å²) < 4.78 is 0. The average molecular weight is 388 g/mol. The summed E-state index contributed by atoms with van der Waals surface area (Å²) in [6.45, 7) is 1.83. The van der Waals surface area contributed by atoms with Crippen molar-refractivity contribution < 1.29 is 20.1 Å². The molecule has 27 heavy (non-hydrogen) atoms. The van der Waals surface area contributed by atoms with Crippen LogP contribution in [0.4, 0.5) is 0 Å². The normalized spacial score (nSPS) is 11.8. The smallest absolute Gasteiger partial charge is 0.317 e. The molecule has 0 rings (SSSR count). The summed E-state index contributed by atoms with van der Waals surface area (Å²) in [5, 5.41) is 29.9. The summed E-state index contributed by atoms with van der Waals surface area (Å²) in [7, 11) is 0. The van der Waals surface area contributed by atoms with Gasteiger partial charge in [-0.3, -0.25) is 10.1 Å². The van der Waals surface area contributed by atoms with Crippen LogP contribution < -0.4 is 5.32 Å². The van der Waals surface area contributed by atoms with Crippen molar-refractivity contribution in [3.05, 3.63) is 0 Å². The SMILES string of the molecule is CCCCCCCCCCCCCCCCCCCC(O)(O)NCC(=O)O. The van der Waals surface area contributed by atoms with Gasteiger partial charge in [-0.15, -0.1) is 0 Å². The van der Waals surface area contributed by atoms with E-state index in [1.165, 1.54) is 89.9 Å². The quantitative estimate of drug-likeness (QED) is 0.158. The molecule has 0 aromatic heterocycles. The van der Waals surface area contributed by atoms with Gasteiger partial charge in [0.25, 0.3) is 0 Å². The van der Waals surface area contributed by atoms with E-state index in [-0.39, 0.29) is 6.42 Å². The first kappa shape index (κ1) is 26.4. The van der Waals surface area contributed by atoms with Gasteiger partial charge in [0.05, 0.1) is 6.54 Å². The van der Waals surface area contributed by atoms with Crippen LogP contribution >= 0.6 is 0 Å². The Balaban J connectivity index is 3.19. The Labute approximate surface area is 166 Å². The van der Waals surface area contributed by atoms with Crippen molar-refractivity contribution in [2.45, 2.75) is 128 Å². The van der Waals surface area contributed by atoms with Gasteiger partial charge in [0.15, 0.2) is 0 Å². The topological polar surface area (TPSA) is 89.8 Å². The Bertz CT molecular complexity index is 334. The van der Waals surface area contributed by atoms with E-state index in [4.69, 9.17) is 5.11 Å². The molecule has 0 heterocycles. The largest absolute Gasteiger partial charge is 0.480 e. The highest BCUT2D eigenvalue weighted by atomic mass is 16.5. The van der Waals surface area contributed by atoms with Crippen molar-refractivity contribution in [2.24, 2.45) is 0 Å². The number of hydrogen-bond acceptors (Lipinski definition) is 4. The molecule has 0 saturated carbocycles. The van der Waals surface area contributed by atoms with Crippen LogP contribution in [0.1, 0.15) is 122 Å². The molecule has 0 amide bonds. The molecule has 5 heteroatoms. The Morgan fingerprint density at radius 1 is 0.667 bits per heavy atom. The highest BCUT2D eigenvalue weighted by Crippen LogP contribution is 2.15. The number of rotatable bonds is 21. The number of carboxylic acid groups (broad SMARTS) is 1. The first-order chi connectivity index (χ1) is 13.0. The van der Waals surface area contributed by atoms with Crippen molar-refractivity contribution in [3.8, 4) is 0 Å². The van der Waals surface area contributed by atoms with E-state index in [1.807, 2.05) is 0 Å². The number of carboxylic acids is 1. The molecule has 0 fully saturated rings. The minimum atomic E-state index is -2.06. The van der Waals surface area contributed by atoms with Crippen molar-refractivity contribution in [3.63, 3.8) is 0 Å². The molecule has 0 spiro atoms. The van der Waals surface area contributed by atoms with Crippen LogP contribution in [0, 0.1) is 0 Å². The maximum Gasteiger partial charge on any atom is 0.317 e. The number of unbranched alkanes of at least 4 members (excludes halogenated alkanes) is 16. The average Bonchev–Trinajstić information content (AvgIpc) is 2.62. The van der Waals surface area contributed by atoms with Gasteiger partial charge in [0, 0.05) is 6.42 Å². The number of carbonyl (C=O) groups is 1. The lowest BCUT2D eigenvalue weighted by molar-refractivity contribution is -0.193. The molecule has 0 aliphatic carbocycles. The van der Waals surface area contributed by atoms with Crippen LogP contribution in [0.3, 0.4) is 0 Å². The Hall–Kier alpha value is -0.650. The first-order valence-electron chi connectivity index (χ1n) is 11.4. The van der Waals surface area contributed by atoms with Gasteiger partial charge in [-0.2, -0.15) is 0 Å². The summed E-state index contributed by atoms with van der Waals surface area (Å²) in [4.78, 5) is 10.4. The van der Waals surface area contributed by atoms with Crippen LogP contribution in [-0.4, -0.2) is 33.7 Å². The van der Waals surface area contributed by atoms with E-state index >= 15 is 0 Å². The van der Waals surface area contributed by atoms with Crippen molar-refractivity contribution >= 4 is 5.97 Å². The highest BCUT2D eigenvalue weighted by Gasteiger charge is 2.22. The number of nitrogens with one attached hydrogen (secondary N) is 1. The molecule has 0 saturated heterocycles. The second-order valence-electron chi connectivity index (χ2n) is 7.97. The van der Waals surface area contributed by atoms with E-state index in [1.54, 1.807) is 0 Å². The fourth-order valence-electron chi connectivity index (χ4n) is 3.40. The summed E-state index contributed by atoms with van der Waals surface area (Å²) in [5.74, 6) is -3.15. The molecular formula is C22H45NO4. The van der Waals surface area contributed by atoms with Gasteiger partial charge < -0.3 is 15.3 Å². The van der Waals surface area contributed by atoms with E-state index in [9.17, 15) is 15.0 Å². The van der Waals surface area contributed by atoms with E-state index < -0.39 is 18.4 Å². The minimum absolute atomic E-state index is 0.166. The molecule has 0 atom stereocenters. The fraction of sp³-hybridized carbons (Fsp3) is 0.955. The summed E-state index contributed by atoms with van der Waals surface area (Å²) in [6.07, 6.45) is 22.0. The summed E-state index contributed by atoms with van der Waals surface area (Å²) in [6, 6.07) is 0. The third-order valence-electron chi connectivity index (χ3n) is 5.15. The predicted octanol–water partition coefficient (Wildman–Crippen LogP) is 5.34. The third kappa shape index (κ3) is 21.5. The fourth-order valence-corrected chi connectivity index (χ4v) is 3.40. The van der Waals surface area contributed by atoms with Crippen LogP contribution in [0.2, 0.25) is 0 Å². The van der Waals surface area contributed by atoms with E-state index in [0.717, 1.165) is 12.8 Å². The zero-order valence-electron chi connectivity index (χ0n) is 17.7. The van der Waals surface area contributed by atoms with E-state index in [2.05, 4.69) is 12.2 Å². The first-order valence-corrected chi connectivity index (χ1v) is 11.4. The lowest BCUT2D eigenvalue weighted by Gasteiger charge is -2.21. The molecule has 0 aromatic carbocycles.